The maximum absolute atomic E-state index is 10.6. The molecule has 1 heterocycles. The van der Waals surface area contributed by atoms with Gasteiger partial charge in [-0.3, -0.25) is 0 Å². The second-order valence-electron chi connectivity index (χ2n) is 2.78. The Morgan fingerprint density at radius 2 is 2.36 bits per heavy atom. The van der Waals surface area contributed by atoms with Crippen molar-refractivity contribution in [1.29, 1.82) is 0 Å². The lowest BCUT2D eigenvalue weighted by Crippen LogP contribution is -2.22. The third-order valence-corrected chi connectivity index (χ3v) is 1.65. The van der Waals surface area contributed by atoms with Gasteiger partial charge in [-0.2, -0.15) is 0 Å². The van der Waals surface area contributed by atoms with Crippen molar-refractivity contribution in [2.75, 3.05) is 13.1 Å². The molecular weight excluding hydrogens is 182 g/mol. The molecule has 14 heavy (non-hydrogen) atoms. The number of nitrogens with two attached hydrogens (primary N) is 1. The Balaban J connectivity index is 2.59. The molecule has 0 unspecified atom stereocenters. The number of aromatic nitrogens is 1. The Bertz CT molecular complexity index is 315. The fourth-order valence-corrected chi connectivity index (χ4v) is 1.02. The Morgan fingerprint density at radius 3 is 3.00 bits per heavy atom. The Hall–Kier alpha value is -1.46. The van der Waals surface area contributed by atoms with Gasteiger partial charge in [0.1, 0.15) is 5.69 Å². The lowest BCUT2D eigenvalue weighted by molar-refractivity contribution is 0.0690. The van der Waals surface area contributed by atoms with Crippen molar-refractivity contribution in [3.63, 3.8) is 0 Å². The largest absolute Gasteiger partial charge is 0.477 e. The third-order valence-electron chi connectivity index (χ3n) is 1.65. The lowest BCUT2D eigenvalue weighted by atomic mass is 10.3. The van der Waals surface area contributed by atoms with Gasteiger partial charge >= 0.3 is 5.97 Å². The van der Waals surface area contributed by atoms with Crippen LogP contribution in [0.15, 0.2) is 18.2 Å². The number of nitrogens with one attached hydrogen (secondary N) is 1. The average molecular weight is 195 g/mol. The molecule has 0 aromatic carbocycles. The number of carbonyl (C=O) groups is 1. The standard InChI is InChI=1S/C9H13N3O2/c10-4-5-11-6-7-2-1-3-8(12-7)9(13)14/h1-3,11H,4-6,10H2,(H,13,14). The fraction of sp³-hybridized carbons (Fsp3) is 0.333. The highest BCUT2D eigenvalue weighted by molar-refractivity contribution is 5.85. The van der Waals surface area contributed by atoms with Crippen molar-refractivity contribution in [2.45, 2.75) is 6.54 Å². The van der Waals surface area contributed by atoms with E-state index >= 15 is 0 Å². The predicted octanol–water partition coefficient (Wildman–Crippen LogP) is -0.172. The molecule has 0 aliphatic carbocycles. The van der Waals surface area contributed by atoms with Crippen LogP contribution in [0.5, 0.6) is 0 Å². The summed E-state index contributed by atoms with van der Waals surface area (Å²) in [6.07, 6.45) is 0. The second kappa shape index (κ2) is 5.31. The molecule has 5 heteroatoms. The molecule has 0 saturated heterocycles. The molecule has 1 aromatic rings. The maximum atomic E-state index is 10.6. The first-order chi connectivity index (χ1) is 6.74. The van der Waals surface area contributed by atoms with Crippen LogP contribution >= 0.6 is 0 Å². The molecule has 0 saturated carbocycles. The van der Waals surface area contributed by atoms with Crippen molar-refractivity contribution in [1.82, 2.24) is 10.3 Å². The first kappa shape index (κ1) is 10.6. The highest BCUT2D eigenvalue weighted by Crippen LogP contribution is 1.98. The second-order valence-corrected chi connectivity index (χ2v) is 2.78. The van der Waals surface area contributed by atoms with Crippen molar-refractivity contribution < 1.29 is 9.90 Å². The Labute approximate surface area is 82.0 Å². The number of hydrogen-bond acceptors (Lipinski definition) is 4. The zero-order chi connectivity index (χ0) is 10.4. The van der Waals surface area contributed by atoms with Gasteiger partial charge in [0.25, 0.3) is 0 Å². The minimum atomic E-state index is -1.01. The highest BCUT2D eigenvalue weighted by Gasteiger charge is 2.04. The van der Waals surface area contributed by atoms with E-state index < -0.39 is 5.97 Å². The fourth-order valence-electron chi connectivity index (χ4n) is 1.02. The van der Waals surface area contributed by atoms with E-state index in [1.807, 2.05) is 0 Å². The van der Waals surface area contributed by atoms with Gasteiger partial charge in [-0.25, -0.2) is 9.78 Å². The summed E-state index contributed by atoms with van der Waals surface area (Å²) in [5.41, 5.74) is 6.07. The SMILES string of the molecule is NCCNCc1cccc(C(=O)O)n1. The van der Waals surface area contributed by atoms with E-state index in [2.05, 4.69) is 10.3 Å². The molecular formula is C9H13N3O2. The van der Waals surface area contributed by atoms with Gasteiger partial charge in [0, 0.05) is 19.6 Å². The van der Waals surface area contributed by atoms with Crippen LogP contribution in [0.25, 0.3) is 0 Å². The van der Waals surface area contributed by atoms with Crippen molar-refractivity contribution in [3.05, 3.63) is 29.6 Å². The van der Waals surface area contributed by atoms with Gasteiger partial charge < -0.3 is 16.2 Å². The van der Waals surface area contributed by atoms with E-state index in [1.54, 1.807) is 12.1 Å². The molecule has 0 atom stereocenters. The number of nitrogens with zero attached hydrogens (tertiary/aromatic N) is 1. The summed E-state index contributed by atoms with van der Waals surface area (Å²) in [6, 6.07) is 4.92. The zero-order valence-corrected chi connectivity index (χ0v) is 7.73. The molecule has 1 rings (SSSR count). The number of carboxylic acids is 1. The van der Waals surface area contributed by atoms with E-state index in [9.17, 15) is 4.79 Å². The molecule has 0 radical (unpaired) electrons. The molecule has 4 N–H and O–H groups in total. The minimum Gasteiger partial charge on any atom is -0.477 e. The van der Waals surface area contributed by atoms with Crippen LogP contribution in [-0.2, 0) is 6.54 Å². The summed E-state index contributed by atoms with van der Waals surface area (Å²) in [6.45, 7) is 1.79. The summed E-state index contributed by atoms with van der Waals surface area (Å²) in [7, 11) is 0. The molecule has 1 aromatic heterocycles. The minimum absolute atomic E-state index is 0.0667. The molecule has 0 bridgehead atoms. The molecule has 76 valence electrons. The van der Waals surface area contributed by atoms with Crippen LogP contribution in [0, 0.1) is 0 Å². The smallest absolute Gasteiger partial charge is 0.354 e. The van der Waals surface area contributed by atoms with Crippen LogP contribution in [-0.4, -0.2) is 29.1 Å². The third kappa shape index (κ3) is 3.12. The van der Waals surface area contributed by atoms with E-state index in [4.69, 9.17) is 10.8 Å². The van der Waals surface area contributed by atoms with Crippen molar-refractivity contribution >= 4 is 5.97 Å². The van der Waals surface area contributed by atoms with E-state index in [0.29, 0.717) is 25.3 Å². The topological polar surface area (TPSA) is 88.2 Å². The average Bonchev–Trinajstić information content (AvgIpc) is 2.19. The van der Waals surface area contributed by atoms with Gasteiger partial charge in [-0.1, -0.05) is 6.07 Å². The highest BCUT2D eigenvalue weighted by atomic mass is 16.4. The Morgan fingerprint density at radius 1 is 1.57 bits per heavy atom. The van der Waals surface area contributed by atoms with Crippen LogP contribution < -0.4 is 11.1 Å². The van der Waals surface area contributed by atoms with Gasteiger partial charge in [0.2, 0.25) is 0 Å². The van der Waals surface area contributed by atoms with Gasteiger partial charge in [0.15, 0.2) is 0 Å². The first-order valence-corrected chi connectivity index (χ1v) is 4.34. The van der Waals surface area contributed by atoms with Gasteiger partial charge in [-0.15, -0.1) is 0 Å². The number of hydrogen-bond donors (Lipinski definition) is 3. The lowest BCUT2D eigenvalue weighted by Gasteiger charge is -2.02. The van der Waals surface area contributed by atoms with Crippen LogP contribution in [0.3, 0.4) is 0 Å². The molecule has 0 aliphatic rings. The summed E-state index contributed by atoms with van der Waals surface area (Å²) >= 11 is 0. The number of aromatic carboxylic acids is 1. The van der Waals surface area contributed by atoms with Crippen LogP contribution in [0.4, 0.5) is 0 Å². The van der Waals surface area contributed by atoms with Gasteiger partial charge in [-0.05, 0) is 12.1 Å². The zero-order valence-electron chi connectivity index (χ0n) is 7.73. The van der Waals surface area contributed by atoms with E-state index in [-0.39, 0.29) is 5.69 Å². The summed E-state index contributed by atoms with van der Waals surface area (Å²) in [5.74, 6) is -1.01. The number of rotatable bonds is 5. The van der Waals surface area contributed by atoms with Crippen molar-refractivity contribution in [3.8, 4) is 0 Å². The van der Waals surface area contributed by atoms with E-state index in [1.165, 1.54) is 6.07 Å². The van der Waals surface area contributed by atoms with E-state index in [0.717, 1.165) is 0 Å². The molecule has 5 nitrogen and oxygen atoms in total. The Kier molecular flexibility index (Phi) is 4.03. The molecule has 0 aliphatic heterocycles. The summed E-state index contributed by atoms with van der Waals surface area (Å²) < 4.78 is 0. The maximum Gasteiger partial charge on any atom is 0.354 e. The van der Waals surface area contributed by atoms with Crippen LogP contribution in [0.2, 0.25) is 0 Å². The number of pyridine rings is 1. The molecule has 0 fully saturated rings. The summed E-state index contributed by atoms with van der Waals surface area (Å²) in [4.78, 5) is 14.5. The summed E-state index contributed by atoms with van der Waals surface area (Å²) in [5, 5.41) is 11.7. The quantitative estimate of drug-likeness (QED) is 0.567. The monoisotopic (exact) mass is 195 g/mol. The first-order valence-electron chi connectivity index (χ1n) is 4.34. The number of carboxylic acid groups (broad SMARTS) is 1. The molecule has 0 spiro atoms. The van der Waals surface area contributed by atoms with Crippen molar-refractivity contribution in [2.24, 2.45) is 5.73 Å². The predicted molar refractivity (Wildman–Crippen MR) is 52.0 cm³/mol. The van der Waals surface area contributed by atoms with Gasteiger partial charge in [0.05, 0.1) is 5.69 Å². The molecule has 0 amide bonds. The normalized spacial score (nSPS) is 10.1. The van der Waals surface area contributed by atoms with Crippen LogP contribution in [0.1, 0.15) is 16.2 Å².